The van der Waals surface area contributed by atoms with Crippen LogP contribution in [0.4, 0.5) is 0 Å². The Balaban J connectivity index is 0.0000000988. The number of nitrogens with zero attached hydrogens (tertiary/aromatic N) is 6. The summed E-state index contributed by atoms with van der Waals surface area (Å²) in [6.45, 7) is 15.3. The molecule has 4 aliphatic rings. The number of rotatable bonds is 0. The Morgan fingerprint density at radius 3 is 2.33 bits per heavy atom. The Kier molecular flexibility index (Phi) is 6.24. The van der Waals surface area contributed by atoms with E-state index in [-0.39, 0.29) is 0 Å². The highest BCUT2D eigenvalue weighted by molar-refractivity contribution is 5.89. The van der Waals surface area contributed by atoms with Crippen molar-refractivity contribution in [1.82, 2.24) is 24.2 Å². The molecule has 4 aromatic heterocycles. The molecule has 1 aliphatic heterocycles. The minimum absolute atomic E-state index is 0.303. The fraction of sp³-hybridized carbons (Fsp3) is 0.0667. The molecule has 0 radical (unpaired) electrons. The number of aliphatic imine (C=N–C) groups is 1. The lowest BCUT2D eigenvalue weighted by Gasteiger charge is -1.98. The van der Waals surface area contributed by atoms with Crippen molar-refractivity contribution in [2.24, 2.45) is 10.9 Å². The maximum Gasteiger partial charge on any atom is 0.161 e. The Morgan fingerprint density at radius 1 is 0.778 bits per heavy atom. The molecule has 8 rings (SSSR count). The quantitative estimate of drug-likeness (QED) is 0.390. The highest BCUT2D eigenvalue weighted by atomic mass is 15.2. The first-order valence-electron chi connectivity index (χ1n) is 11.6. The Hall–Kier alpha value is -4.84. The molecule has 2 atom stereocenters. The van der Waals surface area contributed by atoms with E-state index in [4.69, 9.17) is 0 Å². The van der Waals surface area contributed by atoms with E-state index in [1.807, 2.05) is 35.1 Å². The van der Waals surface area contributed by atoms with Crippen molar-refractivity contribution in [1.29, 1.82) is 0 Å². The minimum atomic E-state index is 0.303. The van der Waals surface area contributed by atoms with Gasteiger partial charge in [-0.05, 0) is 34.4 Å². The van der Waals surface area contributed by atoms with E-state index in [9.17, 15) is 0 Å². The second-order valence-electron chi connectivity index (χ2n) is 8.55. The van der Waals surface area contributed by atoms with E-state index in [0.29, 0.717) is 12.0 Å². The second-order valence-corrected chi connectivity index (χ2v) is 8.55. The van der Waals surface area contributed by atoms with Crippen LogP contribution in [0.2, 0.25) is 0 Å². The van der Waals surface area contributed by atoms with Crippen LogP contribution in [0.3, 0.4) is 0 Å². The Morgan fingerprint density at radius 2 is 1.56 bits per heavy atom. The standard InChI is InChI=1S/C9H8.C8H7N.C7H6N2.C6H5N3/c1-7-5-6-8-3-2-4-9(7)8;1-6-5-9-8-4-2-3-7(6)8;1-6-5-8-9-4-2-3-7(6)9;1-5-4-8-9-3-2-7-6(5)9/h2-6,8H,1H2;2-5,8H,1H2;2-5H,1H2;2-4H,1H2. The van der Waals surface area contributed by atoms with Gasteiger partial charge in [-0.3, -0.25) is 4.99 Å². The minimum Gasteiger partial charge on any atom is -0.280 e. The molecule has 0 amide bonds. The predicted octanol–water partition coefficient (Wildman–Crippen LogP) is 4.04. The van der Waals surface area contributed by atoms with Crippen LogP contribution in [0, 0.1) is 5.92 Å². The first-order chi connectivity index (χ1) is 17.5. The number of aromatic nitrogens is 5. The third-order valence-corrected chi connectivity index (χ3v) is 6.12. The zero-order valence-corrected chi connectivity index (χ0v) is 19.9. The summed E-state index contributed by atoms with van der Waals surface area (Å²) in [5, 5.41) is 9.86. The Bertz CT molecular complexity index is 1590. The van der Waals surface area contributed by atoms with E-state index in [0.717, 1.165) is 27.2 Å². The normalized spacial score (nSPS) is 19.9. The summed E-state index contributed by atoms with van der Waals surface area (Å²) in [4.78, 5) is 8.22. The zero-order valence-electron chi connectivity index (χ0n) is 19.9. The number of hydrogen-bond donors (Lipinski definition) is 0. The smallest absolute Gasteiger partial charge is 0.161 e. The van der Waals surface area contributed by atoms with Gasteiger partial charge in [-0.15, -0.1) is 0 Å². The van der Waals surface area contributed by atoms with E-state index in [1.165, 1.54) is 16.7 Å². The maximum atomic E-state index is 4.20. The van der Waals surface area contributed by atoms with Crippen molar-refractivity contribution < 1.29 is 0 Å². The van der Waals surface area contributed by atoms with Crippen molar-refractivity contribution in [3.63, 3.8) is 0 Å². The van der Waals surface area contributed by atoms with Crippen molar-refractivity contribution >= 4 is 30.5 Å². The van der Waals surface area contributed by atoms with Gasteiger partial charge in [-0.2, -0.15) is 10.2 Å². The topological polar surface area (TPSA) is 59.8 Å². The van der Waals surface area contributed by atoms with Gasteiger partial charge in [0.05, 0.1) is 24.0 Å². The number of hydrogen-bond acceptors (Lipinski definition) is 4. The first-order valence-corrected chi connectivity index (χ1v) is 11.6. The molecule has 6 nitrogen and oxygen atoms in total. The van der Waals surface area contributed by atoms with Crippen LogP contribution in [0.25, 0.3) is 24.3 Å². The largest absolute Gasteiger partial charge is 0.280 e. The zero-order chi connectivity index (χ0) is 25.1. The molecular weight excluding hydrogens is 444 g/mol. The summed E-state index contributed by atoms with van der Waals surface area (Å²) in [6.07, 6.45) is 27.5. The van der Waals surface area contributed by atoms with Gasteiger partial charge in [0.1, 0.15) is 0 Å². The molecule has 0 saturated carbocycles. The van der Waals surface area contributed by atoms with Crippen molar-refractivity contribution in [3.8, 4) is 0 Å². The average molecular weight is 471 g/mol. The lowest BCUT2D eigenvalue weighted by molar-refractivity contribution is 0.973. The molecule has 0 N–H and O–H groups in total. The third-order valence-electron chi connectivity index (χ3n) is 6.12. The number of allylic oxidation sites excluding steroid dienone is 9. The fourth-order valence-electron chi connectivity index (χ4n) is 4.17. The molecule has 5 heterocycles. The molecule has 0 fully saturated rings. The molecule has 176 valence electrons. The molecule has 3 aliphatic carbocycles. The summed E-state index contributed by atoms with van der Waals surface area (Å²) < 4.78 is 3.50. The van der Waals surface area contributed by atoms with E-state index in [1.54, 1.807) is 29.3 Å². The monoisotopic (exact) mass is 470 g/mol. The third kappa shape index (κ3) is 4.57. The average Bonchev–Trinajstić information content (AvgIpc) is 3.70. The van der Waals surface area contributed by atoms with Crippen LogP contribution in [0.5, 0.6) is 0 Å². The van der Waals surface area contributed by atoms with Crippen LogP contribution in [0.1, 0.15) is 0 Å². The van der Waals surface area contributed by atoms with E-state index >= 15 is 0 Å². The van der Waals surface area contributed by atoms with Crippen LogP contribution >= 0.6 is 0 Å². The molecule has 4 aromatic rings. The van der Waals surface area contributed by atoms with Gasteiger partial charge in [0.2, 0.25) is 0 Å². The molecule has 36 heavy (non-hydrogen) atoms. The van der Waals surface area contributed by atoms with Crippen LogP contribution in [0.15, 0.2) is 132 Å². The lowest BCUT2D eigenvalue weighted by atomic mass is 10.1. The molecule has 2 unspecified atom stereocenters. The number of fused-ring (bicyclic) bond motifs is 4. The van der Waals surface area contributed by atoms with Crippen molar-refractivity contribution in [3.05, 3.63) is 138 Å². The molecule has 6 heteroatoms. The Labute approximate surface area is 209 Å². The van der Waals surface area contributed by atoms with Gasteiger partial charge in [-0.1, -0.05) is 74.9 Å². The number of imidazole rings is 1. The summed E-state index contributed by atoms with van der Waals surface area (Å²) in [6, 6.07) is 4.25. The highest BCUT2D eigenvalue weighted by Gasteiger charge is 2.19. The first kappa shape index (κ1) is 22.9. The summed E-state index contributed by atoms with van der Waals surface area (Å²) in [5.74, 6) is 0.553. The lowest BCUT2D eigenvalue weighted by Crippen LogP contribution is -1.93. The second kappa shape index (κ2) is 9.80. The summed E-state index contributed by atoms with van der Waals surface area (Å²) in [7, 11) is 0. The molecule has 0 spiro atoms. The fourth-order valence-corrected chi connectivity index (χ4v) is 4.17. The SMILES string of the molecule is C=C1C=CC2C=CC=C12.C=C1C=NC2C=CC=C12.C=c1cnn2cccc12.C=c1cnn2ccnc12. The highest BCUT2D eigenvalue weighted by Crippen LogP contribution is 2.32. The summed E-state index contributed by atoms with van der Waals surface area (Å²) >= 11 is 0. The van der Waals surface area contributed by atoms with Gasteiger partial charge in [0, 0.05) is 41.2 Å². The van der Waals surface area contributed by atoms with Gasteiger partial charge in [0.15, 0.2) is 5.65 Å². The van der Waals surface area contributed by atoms with Crippen LogP contribution < -0.4 is 10.4 Å². The van der Waals surface area contributed by atoms with Gasteiger partial charge in [-0.25, -0.2) is 14.0 Å². The molecule has 0 aromatic carbocycles. The molecule has 0 bridgehead atoms. The van der Waals surface area contributed by atoms with Crippen molar-refractivity contribution in [2.45, 2.75) is 6.04 Å². The van der Waals surface area contributed by atoms with Crippen molar-refractivity contribution in [2.75, 3.05) is 0 Å². The summed E-state index contributed by atoms with van der Waals surface area (Å²) in [5.41, 5.74) is 6.80. The van der Waals surface area contributed by atoms with E-state index in [2.05, 4.69) is 89.0 Å². The predicted molar refractivity (Wildman–Crippen MR) is 147 cm³/mol. The van der Waals surface area contributed by atoms with Gasteiger partial charge >= 0.3 is 0 Å². The van der Waals surface area contributed by atoms with Gasteiger partial charge in [0.25, 0.3) is 0 Å². The van der Waals surface area contributed by atoms with Crippen LogP contribution in [-0.4, -0.2) is 36.5 Å². The van der Waals surface area contributed by atoms with Crippen LogP contribution in [-0.2, 0) is 0 Å². The van der Waals surface area contributed by atoms with Gasteiger partial charge < -0.3 is 0 Å². The maximum absolute atomic E-state index is 4.20. The molecular formula is C30H26N6. The molecule has 0 saturated heterocycles. The van der Waals surface area contributed by atoms with E-state index < -0.39 is 0 Å².